The number of nitrogens with one attached hydrogen (secondary N) is 2. The Kier molecular flexibility index (Phi) is 11.4. The zero-order chi connectivity index (χ0) is 43.2. The largest absolute Gasteiger partial charge is 0.477 e. The van der Waals surface area contributed by atoms with E-state index in [1.165, 1.54) is 12.1 Å². The number of guanidine groups is 1. The Morgan fingerprint density at radius 1 is 0.855 bits per heavy atom. The van der Waals surface area contributed by atoms with Gasteiger partial charge in [0.25, 0.3) is 5.91 Å². The molecule has 7 heterocycles. The van der Waals surface area contributed by atoms with Crippen LogP contribution in [0.2, 0.25) is 0 Å². The van der Waals surface area contributed by atoms with Crippen molar-refractivity contribution < 1.29 is 27.9 Å². The molecule has 2 N–H and O–H groups in total. The van der Waals surface area contributed by atoms with E-state index in [0.29, 0.717) is 72.8 Å². The van der Waals surface area contributed by atoms with Gasteiger partial charge < -0.3 is 29.7 Å². The fraction of sp³-hybridized carbons (Fsp3) is 0.478. The van der Waals surface area contributed by atoms with Crippen LogP contribution in [0, 0.1) is 24.5 Å². The van der Waals surface area contributed by atoms with Crippen LogP contribution in [0.5, 0.6) is 5.88 Å². The summed E-state index contributed by atoms with van der Waals surface area (Å²) in [5.74, 6) is -2.51. The standard InChI is InChI=1S/C46H54F2N10O4/c1-27-6-5-19-62-45-35(25-49-55(45)4)39-21-29(20-28(2)50-39)43(60)53-46-51-38-9-7-32(24-40(38)58(46)26-27)56-15-11-30(12-16-56)54(3)31-13-17-57(18-14-31)33-22-36(47)42(37(48)23-33)34-8-10-41(59)52-44(34)61/h7,9,20-25,27,30-31,34H,5-6,8,10-19,26H2,1-4H3,(H,51,53,60)(H,52,59,61)/t27-,34-/m1/s1. The highest BCUT2D eigenvalue weighted by Gasteiger charge is 2.35. The maximum Gasteiger partial charge on any atom is 0.280 e. The van der Waals surface area contributed by atoms with Crippen molar-refractivity contribution in [2.24, 2.45) is 18.0 Å². The first-order valence-corrected chi connectivity index (χ1v) is 21.9. The number of hydrogen-bond donors (Lipinski definition) is 2. The van der Waals surface area contributed by atoms with Gasteiger partial charge in [0.1, 0.15) is 11.6 Å². The number of benzene rings is 2. The summed E-state index contributed by atoms with van der Waals surface area (Å²) in [6.07, 6.45) is 7.39. The maximum atomic E-state index is 15.3. The number of halogens is 2. The number of piperidine rings is 3. The van der Waals surface area contributed by atoms with E-state index >= 15 is 8.78 Å². The molecule has 0 saturated carbocycles. The number of rotatable bonds is 5. The second kappa shape index (κ2) is 17.1. The molecule has 0 aliphatic carbocycles. The molecule has 326 valence electrons. The molecule has 0 unspecified atom stereocenters. The van der Waals surface area contributed by atoms with Crippen LogP contribution in [0.4, 0.5) is 31.5 Å². The Hall–Kier alpha value is -5.90. The number of hydrogen-bond acceptors (Lipinski definition) is 11. The van der Waals surface area contributed by atoms with Crippen molar-refractivity contribution in [3.63, 3.8) is 0 Å². The first-order valence-electron chi connectivity index (χ1n) is 21.9. The molecule has 16 heteroatoms. The number of fused-ring (bicyclic) bond motifs is 7. The quantitative estimate of drug-likeness (QED) is 0.216. The lowest BCUT2D eigenvalue weighted by molar-refractivity contribution is -0.134. The third-order valence-corrected chi connectivity index (χ3v) is 13.4. The van der Waals surface area contributed by atoms with Crippen LogP contribution in [0.25, 0.3) is 11.3 Å². The number of anilines is 4. The highest BCUT2D eigenvalue weighted by molar-refractivity contribution is 6.19. The van der Waals surface area contributed by atoms with E-state index in [1.807, 2.05) is 18.9 Å². The summed E-state index contributed by atoms with van der Waals surface area (Å²) in [6.45, 7) is 8.43. The summed E-state index contributed by atoms with van der Waals surface area (Å²) in [6, 6.07) is 13.4. The predicted molar refractivity (Wildman–Crippen MR) is 234 cm³/mol. The molecular formula is C46H54F2N10O4. The van der Waals surface area contributed by atoms with Crippen LogP contribution in [-0.2, 0) is 16.6 Å². The lowest BCUT2D eigenvalue weighted by Crippen LogP contribution is -2.50. The summed E-state index contributed by atoms with van der Waals surface area (Å²) in [7, 11) is 4.05. The van der Waals surface area contributed by atoms with Crippen LogP contribution < -0.4 is 30.1 Å². The molecule has 2 aromatic heterocycles. The molecule has 4 aromatic rings. The van der Waals surface area contributed by atoms with Crippen molar-refractivity contribution in [2.45, 2.75) is 83.2 Å². The normalized spacial score (nSPS) is 22.5. The van der Waals surface area contributed by atoms with E-state index in [1.54, 1.807) is 23.0 Å². The molecule has 3 amide bonds. The number of amides is 3. The highest BCUT2D eigenvalue weighted by atomic mass is 19.1. The molecule has 3 saturated heterocycles. The van der Waals surface area contributed by atoms with Crippen LogP contribution in [0.15, 0.2) is 53.7 Å². The van der Waals surface area contributed by atoms with Crippen LogP contribution in [-0.4, -0.2) is 102 Å². The number of carbonyl (C=O) groups is 3. The Balaban J connectivity index is 0.846. The van der Waals surface area contributed by atoms with Gasteiger partial charge in [-0.25, -0.2) is 13.5 Å². The van der Waals surface area contributed by atoms with E-state index in [-0.39, 0.29) is 30.2 Å². The molecule has 2 bridgehead atoms. The summed E-state index contributed by atoms with van der Waals surface area (Å²) in [4.78, 5) is 56.3. The van der Waals surface area contributed by atoms with E-state index < -0.39 is 29.4 Å². The number of aliphatic imine (C=N–C) groups is 1. The average Bonchev–Trinajstić information content (AvgIpc) is 3.80. The topological polar surface area (TPSA) is 141 Å². The summed E-state index contributed by atoms with van der Waals surface area (Å²) < 4.78 is 38.6. The van der Waals surface area contributed by atoms with E-state index in [4.69, 9.17) is 9.72 Å². The van der Waals surface area contributed by atoms with Crippen molar-refractivity contribution in [3.05, 3.63) is 77.1 Å². The number of nitrogens with zero attached hydrogens (tertiary/aromatic N) is 8. The molecule has 2 aromatic carbocycles. The van der Waals surface area contributed by atoms with Gasteiger partial charge in [0.15, 0.2) is 0 Å². The van der Waals surface area contributed by atoms with Gasteiger partial charge in [-0.2, -0.15) is 10.1 Å². The fourth-order valence-electron chi connectivity index (χ4n) is 9.90. The number of aryl methyl sites for hydroxylation is 2. The minimum absolute atomic E-state index is 0.0588. The Morgan fingerprint density at radius 2 is 1.55 bits per heavy atom. The summed E-state index contributed by atoms with van der Waals surface area (Å²) >= 11 is 0. The number of aromatic nitrogens is 3. The first-order chi connectivity index (χ1) is 29.9. The van der Waals surface area contributed by atoms with E-state index in [9.17, 15) is 14.4 Å². The third kappa shape index (κ3) is 8.24. The number of ether oxygens (including phenoxy) is 1. The van der Waals surface area contributed by atoms with Gasteiger partial charge in [0, 0.05) is 86.5 Å². The molecule has 2 atom stereocenters. The predicted octanol–water partition coefficient (Wildman–Crippen LogP) is 6.40. The van der Waals surface area contributed by atoms with Gasteiger partial charge >= 0.3 is 0 Å². The zero-order valence-electron chi connectivity index (χ0n) is 35.8. The smallest absolute Gasteiger partial charge is 0.280 e. The zero-order valence-corrected chi connectivity index (χ0v) is 35.8. The molecule has 5 aliphatic rings. The second-order valence-corrected chi connectivity index (χ2v) is 17.6. The van der Waals surface area contributed by atoms with E-state index in [0.717, 1.165) is 74.2 Å². The number of carbonyl (C=O) groups excluding carboxylic acids is 3. The monoisotopic (exact) mass is 848 g/mol. The lowest BCUT2D eigenvalue weighted by atomic mass is 9.89. The van der Waals surface area contributed by atoms with Gasteiger partial charge in [-0.05, 0) is 107 Å². The molecule has 0 radical (unpaired) electrons. The Labute approximate surface area is 360 Å². The molecule has 62 heavy (non-hydrogen) atoms. The van der Waals surface area contributed by atoms with Gasteiger partial charge in [-0.3, -0.25) is 24.7 Å². The maximum absolute atomic E-state index is 15.3. The second-order valence-electron chi connectivity index (χ2n) is 17.6. The van der Waals surface area contributed by atoms with Gasteiger partial charge in [-0.1, -0.05) is 6.92 Å². The van der Waals surface area contributed by atoms with Crippen molar-refractivity contribution in [1.82, 2.24) is 25.0 Å². The minimum atomic E-state index is -1.01. The first kappa shape index (κ1) is 41.5. The molecule has 5 aliphatic heterocycles. The van der Waals surface area contributed by atoms with Gasteiger partial charge in [0.2, 0.25) is 23.7 Å². The van der Waals surface area contributed by atoms with Crippen molar-refractivity contribution >= 4 is 46.4 Å². The molecule has 0 spiro atoms. The fourth-order valence-corrected chi connectivity index (χ4v) is 9.90. The van der Waals surface area contributed by atoms with Crippen LogP contribution >= 0.6 is 0 Å². The van der Waals surface area contributed by atoms with Crippen molar-refractivity contribution in [2.75, 3.05) is 66.4 Å². The van der Waals surface area contributed by atoms with Crippen LogP contribution in [0.1, 0.15) is 85.8 Å². The average molecular weight is 849 g/mol. The van der Waals surface area contributed by atoms with Gasteiger partial charge in [0.05, 0.1) is 41.4 Å². The number of imide groups is 1. The lowest BCUT2D eigenvalue weighted by Gasteiger charge is -2.44. The molecular weight excluding hydrogens is 795 g/mol. The van der Waals surface area contributed by atoms with Crippen molar-refractivity contribution in [1.29, 1.82) is 0 Å². The van der Waals surface area contributed by atoms with Crippen LogP contribution in [0.3, 0.4) is 0 Å². The molecule has 14 nitrogen and oxygen atoms in total. The minimum Gasteiger partial charge on any atom is -0.477 e. The summed E-state index contributed by atoms with van der Waals surface area (Å²) in [5.41, 5.74) is 5.77. The Morgan fingerprint density at radius 3 is 2.24 bits per heavy atom. The molecule has 9 rings (SSSR count). The Bertz CT molecular complexity index is 2400. The highest BCUT2D eigenvalue weighted by Crippen LogP contribution is 2.39. The number of pyridine rings is 1. The SMILES string of the molecule is Cc1cc2cc(n1)-c1cnn(C)c1OCCC[C@@H](C)CN1/C(=N/C2=O)Nc2ccc(N3CCC(N(C)C4CCN(c5cc(F)c([C@H]6CCC(=O)NC6=O)c(F)c5)CC4)CC3)cc21. The molecule has 3 fully saturated rings. The summed E-state index contributed by atoms with van der Waals surface area (Å²) in [5, 5.41) is 10.1. The third-order valence-electron chi connectivity index (χ3n) is 13.4. The van der Waals surface area contributed by atoms with E-state index in [2.05, 4.69) is 67.6 Å². The van der Waals surface area contributed by atoms with Gasteiger partial charge in [-0.15, -0.1) is 0 Å². The van der Waals surface area contributed by atoms with Crippen molar-refractivity contribution in [3.8, 4) is 17.1 Å².